The van der Waals surface area contributed by atoms with Gasteiger partial charge in [-0.2, -0.15) is 0 Å². The molecule has 0 aromatic rings. The van der Waals surface area contributed by atoms with Gasteiger partial charge >= 0.3 is 0 Å². The van der Waals surface area contributed by atoms with Gasteiger partial charge in [-0.1, -0.05) is 6.42 Å². The molecule has 0 aromatic carbocycles. The van der Waals surface area contributed by atoms with Gasteiger partial charge in [-0.15, -0.1) is 0 Å². The Balaban J connectivity index is 2.21. The highest BCUT2D eigenvalue weighted by Gasteiger charge is 2.19. The summed E-state index contributed by atoms with van der Waals surface area (Å²) in [5.74, 6) is -0.0301. The molecule has 0 bridgehead atoms. The zero-order valence-electron chi connectivity index (χ0n) is 9.88. The van der Waals surface area contributed by atoms with Crippen LogP contribution in [0.4, 0.5) is 0 Å². The Morgan fingerprint density at radius 2 is 2.33 bits per heavy atom. The van der Waals surface area contributed by atoms with Crippen molar-refractivity contribution in [2.24, 2.45) is 0 Å². The van der Waals surface area contributed by atoms with Crippen molar-refractivity contribution in [2.45, 2.75) is 51.3 Å². The molecule has 1 fully saturated rings. The summed E-state index contributed by atoms with van der Waals surface area (Å²) < 4.78 is 4.94. The van der Waals surface area contributed by atoms with Gasteiger partial charge in [0, 0.05) is 25.7 Å². The van der Waals surface area contributed by atoms with E-state index in [4.69, 9.17) is 4.74 Å². The second-order valence-corrected chi connectivity index (χ2v) is 4.32. The van der Waals surface area contributed by atoms with E-state index in [2.05, 4.69) is 17.6 Å². The Bertz CT molecular complexity index is 209. The maximum absolute atomic E-state index is 11.4. The van der Waals surface area contributed by atoms with Gasteiger partial charge in [0.1, 0.15) is 6.10 Å². The summed E-state index contributed by atoms with van der Waals surface area (Å²) >= 11 is 0. The zero-order valence-corrected chi connectivity index (χ0v) is 9.88. The number of amides is 1. The molecule has 0 aliphatic carbocycles. The Morgan fingerprint density at radius 3 is 2.93 bits per heavy atom. The molecule has 15 heavy (non-hydrogen) atoms. The van der Waals surface area contributed by atoms with E-state index in [-0.39, 0.29) is 12.0 Å². The lowest BCUT2D eigenvalue weighted by atomic mass is 9.99. The first-order chi connectivity index (χ1) is 7.13. The summed E-state index contributed by atoms with van der Waals surface area (Å²) in [4.78, 5) is 11.4. The molecule has 3 unspecified atom stereocenters. The van der Waals surface area contributed by atoms with Crippen LogP contribution in [-0.4, -0.2) is 37.7 Å². The minimum atomic E-state index is -0.356. The predicted molar refractivity (Wildman–Crippen MR) is 59.7 cm³/mol. The molecule has 0 saturated carbocycles. The van der Waals surface area contributed by atoms with Gasteiger partial charge in [0.2, 0.25) is 5.91 Å². The van der Waals surface area contributed by atoms with Crippen molar-refractivity contribution >= 4 is 5.91 Å². The smallest absolute Gasteiger partial charge is 0.248 e. The van der Waals surface area contributed by atoms with Crippen LogP contribution in [0.5, 0.6) is 0 Å². The number of methoxy groups -OCH3 is 1. The highest BCUT2D eigenvalue weighted by molar-refractivity contribution is 5.80. The van der Waals surface area contributed by atoms with E-state index in [0.717, 1.165) is 6.42 Å². The summed E-state index contributed by atoms with van der Waals surface area (Å²) in [7, 11) is 1.55. The van der Waals surface area contributed by atoms with E-state index in [0.29, 0.717) is 18.6 Å². The van der Waals surface area contributed by atoms with Crippen LogP contribution < -0.4 is 10.6 Å². The van der Waals surface area contributed by atoms with Crippen LogP contribution in [0.15, 0.2) is 0 Å². The molecule has 0 aromatic heterocycles. The number of carbonyl (C=O) groups is 1. The summed E-state index contributed by atoms with van der Waals surface area (Å²) in [6, 6.07) is 0.988. The average Bonchev–Trinajstić information content (AvgIpc) is 2.25. The number of ether oxygens (including phenoxy) is 1. The van der Waals surface area contributed by atoms with Crippen LogP contribution in [0, 0.1) is 0 Å². The van der Waals surface area contributed by atoms with Gasteiger partial charge in [0.05, 0.1) is 0 Å². The van der Waals surface area contributed by atoms with Crippen molar-refractivity contribution in [3.63, 3.8) is 0 Å². The van der Waals surface area contributed by atoms with Crippen LogP contribution in [0.25, 0.3) is 0 Å². The molecule has 1 rings (SSSR count). The minimum absolute atomic E-state index is 0.0301. The molecule has 1 heterocycles. The van der Waals surface area contributed by atoms with Gasteiger partial charge < -0.3 is 15.4 Å². The second kappa shape index (κ2) is 6.08. The third-order valence-corrected chi connectivity index (χ3v) is 2.96. The minimum Gasteiger partial charge on any atom is -0.372 e. The van der Waals surface area contributed by atoms with Crippen LogP contribution in [0.3, 0.4) is 0 Å². The van der Waals surface area contributed by atoms with Crippen LogP contribution in [0.2, 0.25) is 0 Å². The number of piperidine rings is 1. The maximum atomic E-state index is 11.4. The fourth-order valence-corrected chi connectivity index (χ4v) is 1.88. The summed E-state index contributed by atoms with van der Waals surface area (Å²) in [6.07, 6.45) is 3.27. The van der Waals surface area contributed by atoms with E-state index < -0.39 is 0 Å². The van der Waals surface area contributed by atoms with E-state index >= 15 is 0 Å². The van der Waals surface area contributed by atoms with Gasteiger partial charge in [0.25, 0.3) is 0 Å². The lowest BCUT2D eigenvalue weighted by molar-refractivity contribution is -0.130. The first-order valence-corrected chi connectivity index (χ1v) is 5.70. The molecule has 1 aliphatic rings. The van der Waals surface area contributed by atoms with Crippen molar-refractivity contribution in [1.82, 2.24) is 10.6 Å². The van der Waals surface area contributed by atoms with Gasteiger partial charge in [0.15, 0.2) is 0 Å². The SMILES string of the molecule is COC(C)C(=O)NCC1CCCC(C)N1. The molecule has 0 spiro atoms. The molecule has 4 heteroatoms. The Morgan fingerprint density at radius 1 is 1.60 bits per heavy atom. The monoisotopic (exact) mass is 214 g/mol. The average molecular weight is 214 g/mol. The third-order valence-electron chi connectivity index (χ3n) is 2.96. The van der Waals surface area contributed by atoms with Gasteiger partial charge in [-0.3, -0.25) is 4.79 Å². The molecule has 0 radical (unpaired) electrons. The van der Waals surface area contributed by atoms with Crippen LogP contribution >= 0.6 is 0 Å². The normalized spacial score (nSPS) is 28.5. The third kappa shape index (κ3) is 4.18. The first-order valence-electron chi connectivity index (χ1n) is 5.70. The summed E-state index contributed by atoms with van der Waals surface area (Å²) in [5.41, 5.74) is 0. The number of rotatable bonds is 4. The molecule has 1 amide bonds. The Labute approximate surface area is 91.8 Å². The number of nitrogens with one attached hydrogen (secondary N) is 2. The molecular formula is C11H22N2O2. The van der Waals surface area contributed by atoms with E-state index in [1.165, 1.54) is 12.8 Å². The largest absolute Gasteiger partial charge is 0.372 e. The van der Waals surface area contributed by atoms with E-state index in [1.807, 2.05) is 0 Å². The lowest BCUT2D eigenvalue weighted by Gasteiger charge is -2.29. The number of hydrogen-bond donors (Lipinski definition) is 2. The molecule has 1 saturated heterocycles. The van der Waals surface area contributed by atoms with E-state index in [9.17, 15) is 4.79 Å². The lowest BCUT2D eigenvalue weighted by Crippen LogP contribution is -2.48. The standard InChI is InChI=1S/C11H22N2O2/c1-8-5-4-6-10(13-8)7-12-11(14)9(2)15-3/h8-10,13H,4-7H2,1-3H3,(H,12,14). The highest BCUT2D eigenvalue weighted by Crippen LogP contribution is 2.11. The van der Waals surface area contributed by atoms with Crippen molar-refractivity contribution in [3.8, 4) is 0 Å². The zero-order chi connectivity index (χ0) is 11.3. The molecule has 1 aliphatic heterocycles. The fourth-order valence-electron chi connectivity index (χ4n) is 1.88. The number of carbonyl (C=O) groups excluding carboxylic acids is 1. The highest BCUT2D eigenvalue weighted by atomic mass is 16.5. The first kappa shape index (κ1) is 12.5. The van der Waals surface area contributed by atoms with Crippen LogP contribution in [-0.2, 0) is 9.53 Å². The predicted octanol–water partition coefficient (Wildman–Crippen LogP) is 0.668. The van der Waals surface area contributed by atoms with Crippen molar-refractivity contribution in [1.29, 1.82) is 0 Å². The Hall–Kier alpha value is -0.610. The molecular weight excluding hydrogens is 192 g/mol. The van der Waals surface area contributed by atoms with Crippen molar-refractivity contribution in [3.05, 3.63) is 0 Å². The van der Waals surface area contributed by atoms with E-state index in [1.54, 1.807) is 14.0 Å². The van der Waals surface area contributed by atoms with Gasteiger partial charge in [-0.05, 0) is 26.7 Å². The van der Waals surface area contributed by atoms with Crippen molar-refractivity contribution < 1.29 is 9.53 Å². The molecule has 88 valence electrons. The van der Waals surface area contributed by atoms with Crippen LogP contribution in [0.1, 0.15) is 33.1 Å². The summed E-state index contributed by atoms with van der Waals surface area (Å²) in [5, 5.41) is 6.37. The molecule has 2 N–H and O–H groups in total. The van der Waals surface area contributed by atoms with Gasteiger partial charge in [-0.25, -0.2) is 0 Å². The second-order valence-electron chi connectivity index (χ2n) is 4.32. The topological polar surface area (TPSA) is 50.4 Å². The Kier molecular flexibility index (Phi) is 5.05. The fraction of sp³-hybridized carbons (Fsp3) is 0.909. The molecule has 3 atom stereocenters. The molecule has 4 nitrogen and oxygen atoms in total. The summed E-state index contributed by atoms with van der Waals surface area (Å²) in [6.45, 7) is 4.65. The maximum Gasteiger partial charge on any atom is 0.248 e. The quantitative estimate of drug-likeness (QED) is 0.723. The number of hydrogen-bond acceptors (Lipinski definition) is 3. The van der Waals surface area contributed by atoms with Crippen molar-refractivity contribution in [2.75, 3.05) is 13.7 Å².